The van der Waals surface area contributed by atoms with Crippen molar-refractivity contribution in [1.29, 1.82) is 0 Å². The van der Waals surface area contributed by atoms with Gasteiger partial charge in [0.1, 0.15) is 5.75 Å². The summed E-state index contributed by atoms with van der Waals surface area (Å²) in [5.74, 6) is -0.355. The molecule has 0 aliphatic rings. The van der Waals surface area contributed by atoms with Crippen molar-refractivity contribution in [2.24, 2.45) is 0 Å². The number of rotatable bonds is 2. The SMILES string of the molecule is Cc1ccc(Cl)cc1NC(=O)c1cccc(C)c1O. The molecule has 2 aromatic carbocycles. The summed E-state index contributed by atoms with van der Waals surface area (Å²) in [6, 6.07) is 10.3. The number of anilines is 1. The fraction of sp³-hybridized carbons (Fsp3) is 0.133. The van der Waals surface area contributed by atoms with E-state index in [0.29, 0.717) is 16.3 Å². The van der Waals surface area contributed by atoms with Gasteiger partial charge in [-0.3, -0.25) is 4.79 Å². The van der Waals surface area contributed by atoms with Crippen LogP contribution in [0.3, 0.4) is 0 Å². The molecule has 2 aromatic rings. The fourth-order valence-electron chi connectivity index (χ4n) is 1.76. The highest BCUT2D eigenvalue weighted by molar-refractivity contribution is 6.31. The predicted octanol–water partition coefficient (Wildman–Crippen LogP) is 3.91. The van der Waals surface area contributed by atoms with Crippen LogP contribution in [0.2, 0.25) is 5.02 Å². The van der Waals surface area contributed by atoms with E-state index in [0.717, 1.165) is 5.56 Å². The molecule has 0 saturated carbocycles. The summed E-state index contributed by atoms with van der Waals surface area (Å²) < 4.78 is 0. The molecule has 0 spiro atoms. The van der Waals surface area contributed by atoms with Crippen molar-refractivity contribution in [1.82, 2.24) is 0 Å². The molecule has 19 heavy (non-hydrogen) atoms. The molecule has 0 radical (unpaired) electrons. The average Bonchev–Trinajstić information content (AvgIpc) is 2.37. The summed E-state index contributed by atoms with van der Waals surface area (Å²) in [6.45, 7) is 3.62. The summed E-state index contributed by atoms with van der Waals surface area (Å²) >= 11 is 5.90. The van der Waals surface area contributed by atoms with Gasteiger partial charge in [0.05, 0.1) is 5.56 Å². The lowest BCUT2D eigenvalue weighted by Crippen LogP contribution is -2.13. The first kappa shape index (κ1) is 13.4. The van der Waals surface area contributed by atoms with E-state index < -0.39 is 0 Å². The number of hydrogen-bond acceptors (Lipinski definition) is 2. The Morgan fingerprint density at radius 2 is 1.89 bits per heavy atom. The Hall–Kier alpha value is -2.00. The summed E-state index contributed by atoms with van der Waals surface area (Å²) in [4.78, 5) is 12.1. The highest BCUT2D eigenvalue weighted by Gasteiger charge is 2.13. The second-order valence-corrected chi connectivity index (χ2v) is 4.82. The molecular weight excluding hydrogens is 262 g/mol. The molecular formula is C15H14ClNO2. The Morgan fingerprint density at radius 1 is 1.16 bits per heavy atom. The van der Waals surface area contributed by atoms with E-state index in [1.807, 2.05) is 13.0 Å². The van der Waals surface area contributed by atoms with E-state index in [-0.39, 0.29) is 17.2 Å². The minimum atomic E-state index is -0.355. The highest BCUT2D eigenvalue weighted by atomic mass is 35.5. The normalized spacial score (nSPS) is 10.3. The summed E-state index contributed by atoms with van der Waals surface area (Å²) in [5.41, 5.74) is 2.46. The standard InChI is InChI=1S/C15H14ClNO2/c1-9-6-7-11(16)8-13(9)17-15(19)12-5-3-4-10(2)14(12)18/h3-8,18H,1-2H3,(H,17,19). The molecule has 0 aliphatic heterocycles. The third kappa shape index (κ3) is 2.88. The van der Waals surface area contributed by atoms with Crippen LogP contribution in [-0.2, 0) is 0 Å². The average molecular weight is 276 g/mol. The van der Waals surface area contributed by atoms with Gasteiger partial charge in [-0.15, -0.1) is 0 Å². The lowest BCUT2D eigenvalue weighted by molar-refractivity contribution is 0.102. The van der Waals surface area contributed by atoms with Gasteiger partial charge in [-0.2, -0.15) is 0 Å². The Bertz CT molecular complexity index is 638. The van der Waals surface area contributed by atoms with Crippen LogP contribution in [0.5, 0.6) is 5.75 Å². The third-order valence-corrected chi connectivity index (χ3v) is 3.17. The molecule has 98 valence electrons. The fourth-order valence-corrected chi connectivity index (χ4v) is 1.93. The number of carbonyl (C=O) groups is 1. The number of carbonyl (C=O) groups excluding carboxylic acids is 1. The maximum absolute atomic E-state index is 12.1. The molecule has 0 aromatic heterocycles. The predicted molar refractivity (Wildman–Crippen MR) is 77.0 cm³/mol. The topological polar surface area (TPSA) is 49.3 Å². The highest BCUT2D eigenvalue weighted by Crippen LogP contribution is 2.25. The minimum absolute atomic E-state index is 0.000295. The van der Waals surface area contributed by atoms with Crippen LogP contribution in [-0.4, -0.2) is 11.0 Å². The van der Waals surface area contributed by atoms with Crippen LogP contribution in [0.25, 0.3) is 0 Å². The maximum Gasteiger partial charge on any atom is 0.259 e. The van der Waals surface area contributed by atoms with E-state index in [1.54, 1.807) is 37.3 Å². The Balaban J connectivity index is 2.31. The molecule has 0 atom stereocenters. The lowest BCUT2D eigenvalue weighted by Gasteiger charge is -2.10. The number of aromatic hydroxyl groups is 1. The van der Waals surface area contributed by atoms with Crippen molar-refractivity contribution < 1.29 is 9.90 Å². The van der Waals surface area contributed by atoms with Gasteiger partial charge in [-0.1, -0.05) is 29.8 Å². The largest absolute Gasteiger partial charge is 0.507 e. The number of phenolic OH excluding ortho intramolecular Hbond substituents is 1. The number of phenols is 1. The molecule has 4 heteroatoms. The first-order valence-corrected chi connectivity index (χ1v) is 6.23. The number of hydrogen-bond donors (Lipinski definition) is 2. The van der Waals surface area contributed by atoms with Gasteiger partial charge in [0.15, 0.2) is 0 Å². The number of para-hydroxylation sites is 1. The van der Waals surface area contributed by atoms with Crippen LogP contribution in [0.15, 0.2) is 36.4 Å². The zero-order chi connectivity index (χ0) is 14.0. The quantitative estimate of drug-likeness (QED) is 0.873. The van der Waals surface area contributed by atoms with Gasteiger partial charge in [-0.25, -0.2) is 0 Å². The van der Waals surface area contributed by atoms with Crippen LogP contribution in [0.4, 0.5) is 5.69 Å². The van der Waals surface area contributed by atoms with Crippen molar-refractivity contribution in [3.05, 3.63) is 58.1 Å². The summed E-state index contributed by atoms with van der Waals surface area (Å²) in [5, 5.41) is 13.2. The number of amides is 1. The molecule has 1 amide bonds. The first-order chi connectivity index (χ1) is 8.99. The van der Waals surface area contributed by atoms with E-state index >= 15 is 0 Å². The second-order valence-electron chi connectivity index (χ2n) is 4.38. The Labute approximate surface area is 116 Å². The molecule has 0 unspecified atom stereocenters. The second kappa shape index (κ2) is 5.33. The van der Waals surface area contributed by atoms with E-state index in [2.05, 4.69) is 5.32 Å². The Kier molecular flexibility index (Phi) is 3.76. The van der Waals surface area contributed by atoms with Gasteiger partial charge in [-0.05, 0) is 43.2 Å². The zero-order valence-electron chi connectivity index (χ0n) is 10.7. The first-order valence-electron chi connectivity index (χ1n) is 5.85. The lowest BCUT2D eigenvalue weighted by atomic mass is 10.1. The number of nitrogens with one attached hydrogen (secondary N) is 1. The number of benzene rings is 2. The zero-order valence-corrected chi connectivity index (χ0v) is 11.5. The smallest absolute Gasteiger partial charge is 0.259 e. The van der Waals surface area contributed by atoms with Crippen LogP contribution in [0, 0.1) is 13.8 Å². The third-order valence-electron chi connectivity index (χ3n) is 2.93. The van der Waals surface area contributed by atoms with Crippen molar-refractivity contribution in [2.45, 2.75) is 13.8 Å². The van der Waals surface area contributed by atoms with Gasteiger partial charge >= 0.3 is 0 Å². The van der Waals surface area contributed by atoms with Gasteiger partial charge in [0.2, 0.25) is 0 Å². The molecule has 2 rings (SSSR count). The molecule has 3 nitrogen and oxygen atoms in total. The Morgan fingerprint density at radius 3 is 2.63 bits per heavy atom. The molecule has 0 heterocycles. The van der Waals surface area contributed by atoms with E-state index in [9.17, 15) is 9.90 Å². The van der Waals surface area contributed by atoms with Crippen LogP contribution >= 0.6 is 11.6 Å². The molecule has 0 fully saturated rings. The minimum Gasteiger partial charge on any atom is -0.507 e. The van der Waals surface area contributed by atoms with Crippen molar-refractivity contribution in [2.75, 3.05) is 5.32 Å². The monoisotopic (exact) mass is 275 g/mol. The van der Waals surface area contributed by atoms with Gasteiger partial charge in [0, 0.05) is 10.7 Å². The molecule has 2 N–H and O–H groups in total. The van der Waals surface area contributed by atoms with E-state index in [1.165, 1.54) is 0 Å². The van der Waals surface area contributed by atoms with Gasteiger partial charge in [0.25, 0.3) is 5.91 Å². The van der Waals surface area contributed by atoms with Crippen molar-refractivity contribution in [3.8, 4) is 5.75 Å². The molecule has 0 aliphatic carbocycles. The summed E-state index contributed by atoms with van der Waals surface area (Å²) in [7, 11) is 0. The van der Waals surface area contributed by atoms with Crippen molar-refractivity contribution in [3.63, 3.8) is 0 Å². The molecule has 0 saturated heterocycles. The van der Waals surface area contributed by atoms with E-state index in [4.69, 9.17) is 11.6 Å². The molecule has 0 bridgehead atoms. The number of halogens is 1. The van der Waals surface area contributed by atoms with Crippen LogP contribution in [0.1, 0.15) is 21.5 Å². The maximum atomic E-state index is 12.1. The van der Waals surface area contributed by atoms with Crippen LogP contribution < -0.4 is 5.32 Å². The van der Waals surface area contributed by atoms with Crippen molar-refractivity contribution >= 4 is 23.2 Å². The number of aryl methyl sites for hydroxylation is 2. The van der Waals surface area contributed by atoms with Gasteiger partial charge < -0.3 is 10.4 Å². The summed E-state index contributed by atoms with van der Waals surface area (Å²) in [6.07, 6.45) is 0.